The second-order valence-corrected chi connectivity index (χ2v) is 5.54. The fraction of sp³-hybridized carbons (Fsp3) is 0. The smallest absolute Gasteiger partial charge is 0.195 e. The monoisotopic (exact) mass is 322 g/mol. The van der Waals surface area contributed by atoms with E-state index < -0.39 is 0 Å². The molecule has 0 bridgehead atoms. The van der Waals surface area contributed by atoms with Crippen LogP contribution in [0.1, 0.15) is 15.9 Å². The maximum Gasteiger partial charge on any atom is 0.195 e. The van der Waals surface area contributed by atoms with E-state index in [-0.39, 0.29) is 11.4 Å². The van der Waals surface area contributed by atoms with E-state index in [9.17, 15) is 15.3 Å². The van der Waals surface area contributed by atoms with Gasteiger partial charge in [-0.2, -0.15) is 15.6 Å². The van der Waals surface area contributed by atoms with Crippen molar-refractivity contribution in [2.45, 2.75) is 0 Å². The predicted octanol–water partition coefficient (Wildman–Crippen LogP) is 3.57. The summed E-state index contributed by atoms with van der Waals surface area (Å²) in [7, 11) is 0. The van der Waals surface area contributed by atoms with E-state index >= 15 is 0 Å². The molecule has 2 aromatic carbocycles. The van der Waals surface area contributed by atoms with Crippen molar-refractivity contribution in [3.05, 3.63) is 77.0 Å². The second-order valence-electron chi connectivity index (χ2n) is 5.54. The quantitative estimate of drug-likeness (QED) is 0.506. The third kappa shape index (κ3) is 2.15. The number of carbonyl (C=O) groups excluding carboxylic acids is 1. The molecular weight excluding hydrogens is 312 g/mol. The van der Waals surface area contributed by atoms with Crippen molar-refractivity contribution in [1.29, 1.82) is 10.5 Å². The molecule has 0 spiro atoms. The van der Waals surface area contributed by atoms with Gasteiger partial charge in [0.05, 0.1) is 17.3 Å². The van der Waals surface area contributed by atoms with Crippen molar-refractivity contribution < 1.29 is 4.79 Å². The van der Waals surface area contributed by atoms with Gasteiger partial charge in [0.1, 0.15) is 17.7 Å². The Hall–Kier alpha value is -3.96. The molecule has 0 fully saturated rings. The summed E-state index contributed by atoms with van der Waals surface area (Å²) in [5, 5.41) is 23.9. The van der Waals surface area contributed by atoms with Crippen molar-refractivity contribution in [2.75, 3.05) is 0 Å². The number of Topliss-reactive ketones (excluding diaryl/α,β-unsaturated/α-hetero) is 1. The molecule has 0 saturated carbocycles. The SMILES string of the molecule is N#CC(C#N)=C1/C(=C/n2ncc3ccccc32)C(=O)c2ccccc21. The van der Waals surface area contributed by atoms with Gasteiger partial charge in [-0.25, -0.2) is 4.68 Å². The highest BCUT2D eigenvalue weighted by Crippen LogP contribution is 2.39. The molecule has 0 aliphatic heterocycles. The van der Waals surface area contributed by atoms with E-state index in [1.165, 1.54) is 0 Å². The Morgan fingerprint density at radius 3 is 2.44 bits per heavy atom. The van der Waals surface area contributed by atoms with Crippen molar-refractivity contribution >= 4 is 28.5 Å². The minimum atomic E-state index is -0.215. The number of benzene rings is 2. The average Bonchev–Trinajstić information content (AvgIpc) is 3.18. The van der Waals surface area contributed by atoms with Crippen molar-refractivity contribution in [3.63, 3.8) is 0 Å². The van der Waals surface area contributed by atoms with Crippen LogP contribution in [0.2, 0.25) is 0 Å². The molecule has 25 heavy (non-hydrogen) atoms. The molecular formula is C20H10N4O. The van der Waals surface area contributed by atoms with Gasteiger partial charge in [-0.3, -0.25) is 4.79 Å². The Bertz CT molecular complexity index is 1170. The highest BCUT2D eigenvalue weighted by molar-refractivity contribution is 6.29. The number of para-hydroxylation sites is 1. The van der Waals surface area contributed by atoms with Gasteiger partial charge in [-0.1, -0.05) is 42.5 Å². The predicted molar refractivity (Wildman–Crippen MR) is 92.9 cm³/mol. The molecule has 3 aromatic rings. The van der Waals surface area contributed by atoms with Crippen LogP contribution in [0, 0.1) is 22.7 Å². The van der Waals surface area contributed by atoms with Gasteiger partial charge >= 0.3 is 0 Å². The molecule has 0 N–H and O–H groups in total. The third-order valence-corrected chi connectivity index (χ3v) is 4.18. The van der Waals surface area contributed by atoms with Crippen molar-refractivity contribution in [3.8, 4) is 12.1 Å². The highest BCUT2D eigenvalue weighted by atomic mass is 16.1. The summed E-state index contributed by atoms with van der Waals surface area (Å²) in [6, 6.07) is 18.4. The lowest BCUT2D eigenvalue weighted by atomic mass is 10.0. The van der Waals surface area contributed by atoms with Gasteiger partial charge in [0, 0.05) is 22.7 Å². The summed E-state index contributed by atoms with van der Waals surface area (Å²) in [4.78, 5) is 12.8. The summed E-state index contributed by atoms with van der Waals surface area (Å²) < 4.78 is 1.60. The molecule has 1 aliphatic rings. The number of rotatable bonds is 1. The Balaban J connectivity index is 2.01. The Labute approximate surface area is 143 Å². The number of hydrogen-bond donors (Lipinski definition) is 0. The summed E-state index contributed by atoms with van der Waals surface area (Å²) >= 11 is 0. The number of aromatic nitrogens is 2. The highest BCUT2D eigenvalue weighted by Gasteiger charge is 2.32. The van der Waals surface area contributed by atoms with Crippen LogP contribution >= 0.6 is 0 Å². The number of hydrogen-bond acceptors (Lipinski definition) is 4. The van der Waals surface area contributed by atoms with E-state index in [0.717, 1.165) is 10.9 Å². The summed E-state index contributed by atoms with van der Waals surface area (Å²) in [6.07, 6.45) is 3.30. The average molecular weight is 322 g/mol. The number of nitrogens with zero attached hydrogens (tertiary/aromatic N) is 4. The number of nitriles is 2. The van der Waals surface area contributed by atoms with Gasteiger partial charge in [-0.15, -0.1) is 0 Å². The maximum absolute atomic E-state index is 12.8. The first-order valence-electron chi connectivity index (χ1n) is 7.57. The van der Waals surface area contributed by atoms with Crippen LogP contribution in [-0.2, 0) is 0 Å². The second kappa shape index (κ2) is 5.59. The Kier molecular flexibility index (Phi) is 3.27. The normalized spacial score (nSPS) is 14.4. The van der Waals surface area contributed by atoms with Crippen LogP contribution in [-0.4, -0.2) is 15.6 Å². The van der Waals surface area contributed by atoms with E-state index in [1.54, 1.807) is 41.3 Å². The molecule has 0 unspecified atom stereocenters. The number of fused-ring (bicyclic) bond motifs is 2. The molecule has 0 saturated heterocycles. The fourth-order valence-electron chi connectivity index (χ4n) is 3.05. The largest absolute Gasteiger partial charge is 0.289 e. The topological polar surface area (TPSA) is 82.5 Å². The first-order chi connectivity index (χ1) is 12.2. The summed E-state index contributed by atoms with van der Waals surface area (Å²) in [5.41, 5.74) is 2.52. The van der Waals surface area contributed by atoms with E-state index in [0.29, 0.717) is 22.3 Å². The minimum Gasteiger partial charge on any atom is -0.289 e. The molecule has 0 amide bonds. The molecule has 1 heterocycles. The van der Waals surface area contributed by atoms with Crippen LogP contribution in [0.3, 0.4) is 0 Å². The van der Waals surface area contributed by atoms with E-state index in [2.05, 4.69) is 5.10 Å². The summed E-state index contributed by atoms with van der Waals surface area (Å²) in [6.45, 7) is 0. The lowest BCUT2D eigenvalue weighted by molar-refractivity contribution is 0.104. The zero-order valence-electron chi connectivity index (χ0n) is 13.0. The number of carbonyl (C=O) groups is 1. The maximum atomic E-state index is 12.8. The zero-order valence-corrected chi connectivity index (χ0v) is 13.0. The molecule has 5 heteroatoms. The van der Waals surface area contributed by atoms with Gasteiger partial charge in [0.2, 0.25) is 0 Å². The van der Waals surface area contributed by atoms with Gasteiger partial charge in [-0.05, 0) is 11.6 Å². The van der Waals surface area contributed by atoms with Crippen molar-refractivity contribution in [2.24, 2.45) is 0 Å². The summed E-state index contributed by atoms with van der Waals surface area (Å²) in [5.74, 6) is -0.215. The van der Waals surface area contributed by atoms with Crippen LogP contribution in [0.25, 0.3) is 22.7 Å². The zero-order chi connectivity index (χ0) is 17.4. The molecule has 0 radical (unpaired) electrons. The third-order valence-electron chi connectivity index (χ3n) is 4.18. The molecule has 4 rings (SSSR count). The molecule has 1 aromatic heterocycles. The Morgan fingerprint density at radius 1 is 1.00 bits per heavy atom. The van der Waals surface area contributed by atoms with Crippen LogP contribution in [0.5, 0.6) is 0 Å². The molecule has 0 atom stereocenters. The number of allylic oxidation sites excluding steroid dienone is 3. The van der Waals surface area contributed by atoms with E-state index in [4.69, 9.17) is 0 Å². The van der Waals surface area contributed by atoms with Gasteiger partial charge < -0.3 is 0 Å². The number of ketones is 1. The van der Waals surface area contributed by atoms with Gasteiger partial charge in [0.25, 0.3) is 0 Å². The standard InChI is InChI=1S/C20H10N4O/c21-9-14(10-22)19-15-6-2-3-7-16(15)20(25)17(19)12-24-18-8-4-1-5-13(18)11-23-24/h1-8,11-12H/b17-12-. The van der Waals surface area contributed by atoms with Gasteiger partial charge in [0.15, 0.2) is 5.78 Å². The lowest BCUT2D eigenvalue weighted by Gasteiger charge is -2.03. The van der Waals surface area contributed by atoms with Crippen molar-refractivity contribution in [1.82, 2.24) is 9.78 Å². The van der Waals surface area contributed by atoms with Crippen LogP contribution < -0.4 is 0 Å². The first-order valence-corrected chi connectivity index (χ1v) is 7.57. The Morgan fingerprint density at radius 2 is 1.68 bits per heavy atom. The first kappa shape index (κ1) is 14.6. The lowest BCUT2D eigenvalue weighted by Crippen LogP contribution is -1.99. The molecule has 116 valence electrons. The fourth-order valence-corrected chi connectivity index (χ4v) is 3.05. The molecule has 5 nitrogen and oxygen atoms in total. The van der Waals surface area contributed by atoms with Crippen LogP contribution in [0.4, 0.5) is 0 Å². The van der Waals surface area contributed by atoms with Crippen LogP contribution in [0.15, 0.2) is 65.9 Å². The van der Waals surface area contributed by atoms with E-state index in [1.807, 2.05) is 36.4 Å². The molecule has 1 aliphatic carbocycles. The minimum absolute atomic E-state index is 0.0824.